The lowest BCUT2D eigenvalue weighted by atomic mass is 10.1. The number of hydrogen-bond acceptors (Lipinski definition) is 3. The fraction of sp³-hybridized carbons (Fsp3) is 0.556. The molecule has 0 fully saturated rings. The SMILES string of the molecule is [B]c1cnc(CNC(=O)OC(C)(C)C)[nH]1. The number of H-pyrrole nitrogens is 1. The minimum Gasteiger partial charge on any atom is -0.444 e. The van der Waals surface area contributed by atoms with Crippen molar-refractivity contribution >= 4 is 19.5 Å². The third-order valence-electron chi connectivity index (χ3n) is 1.45. The minimum absolute atomic E-state index is 0.270. The molecule has 1 aromatic rings. The predicted molar refractivity (Wildman–Crippen MR) is 57.0 cm³/mol. The number of aromatic amines is 1. The first-order valence-electron chi connectivity index (χ1n) is 4.63. The van der Waals surface area contributed by atoms with Crippen LogP contribution in [-0.4, -0.2) is 29.5 Å². The number of imidazole rings is 1. The second-order valence-electron chi connectivity index (χ2n) is 4.14. The van der Waals surface area contributed by atoms with E-state index in [1.807, 2.05) is 0 Å². The summed E-state index contributed by atoms with van der Waals surface area (Å²) >= 11 is 0. The number of alkyl carbamates (subject to hydrolysis) is 1. The van der Waals surface area contributed by atoms with Crippen molar-refractivity contribution in [3.8, 4) is 0 Å². The van der Waals surface area contributed by atoms with E-state index < -0.39 is 11.7 Å². The molecular weight excluding hydrogens is 193 g/mol. The van der Waals surface area contributed by atoms with Crippen molar-refractivity contribution < 1.29 is 9.53 Å². The quantitative estimate of drug-likeness (QED) is 0.682. The number of rotatable bonds is 2. The number of hydrogen-bond donors (Lipinski definition) is 2. The van der Waals surface area contributed by atoms with Crippen LogP contribution < -0.4 is 10.9 Å². The number of carbonyl (C=O) groups is 1. The molecule has 6 heteroatoms. The van der Waals surface area contributed by atoms with Gasteiger partial charge in [0.2, 0.25) is 0 Å². The average molecular weight is 207 g/mol. The first-order chi connectivity index (χ1) is 6.87. The van der Waals surface area contributed by atoms with Gasteiger partial charge in [0.05, 0.1) is 6.54 Å². The Hall–Kier alpha value is -1.46. The van der Waals surface area contributed by atoms with Gasteiger partial charge in [-0.2, -0.15) is 0 Å². The molecule has 0 aromatic carbocycles. The van der Waals surface area contributed by atoms with Crippen LogP contribution in [0.5, 0.6) is 0 Å². The Kier molecular flexibility index (Phi) is 3.39. The van der Waals surface area contributed by atoms with Gasteiger partial charge in [0, 0.05) is 6.20 Å². The fourth-order valence-corrected chi connectivity index (χ4v) is 0.939. The predicted octanol–water partition coefficient (Wildman–Crippen LogP) is 0.228. The summed E-state index contributed by atoms with van der Waals surface area (Å²) in [5.74, 6) is 0.596. The lowest BCUT2D eigenvalue weighted by Crippen LogP contribution is -2.32. The number of aromatic nitrogens is 2. The molecule has 2 radical (unpaired) electrons. The molecule has 0 aliphatic rings. The fourth-order valence-electron chi connectivity index (χ4n) is 0.939. The highest BCUT2D eigenvalue weighted by molar-refractivity contribution is 6.30. The summed E-state index contributed by atoms with van der Waals surface area (Å²) in [5.41, 5.74) is -0.0253. The molecule has 80 valence electrons. The molecule has 15 heavy (non-hydrogen) atoms. The van der Waals surface area contributed by atoms with Gasteiger partial charge in [0.25, 0.3) is 0 Å². The molecule has 1 heterocycles. The third-order valence-corrected chi connectivity index (χ3v) is 1.45. The second-order valence-corrected chi connectivity index (χ2v) is 4.14. The van der Waals surface area contributed by atoms with E-state index in [1.54, 1.807) is 20.8 Å². The van der Waals surface area contributed by atoms with Crippen molar-refractivity contribution in [1.82, 2.24) is 15.3 Å². The second kappa shape index (κ2) is 4.38. The maximum atomic E-state index is 11.2. The highest BCUT2D eigenvalue weighted by atomic mass is 16.6. The molecule has 0 unspecified atom stereocenters. The minimum atomic E-state index is -0.494. The lowest BCUT2D eigenvalue weighted by Gasteiger charge is -2.19. The van der Waals surface area contributed by atoms with Crippen LogP contribution in [-0.2, 0) is 11.3 Å². The van der Waals surface area contributed by atoms with Gasteiger partial charge in [-0.3, -0.25) is 0 Å². The first-order valence-corrected chi connectivity index (χ1v) is 4.63. The standard InChI is InChI=1S/C9H14BN3O2/c1-9(2,3)15-8(14)12-5-7-11-4-6(10)13-7/h4H,5H2,1-3H3,(H,11,13)(H,12,14). The van der Waals surface area contributed by atoms with Crippen molar-refractivity contribution in [2.75, 3.05) is 0 Å². The van der Waals surface area contributed by atoms with Crippen LogP contribution in [0.25, 0.3) is 0 Å². The van der Waals surface area contributed by atoms with Crippen LogP contribution in [0.4, 0.5) is 4.79 Å². The smallest absolute Gasteiger partial charge is 0.408 e. The molecule has 0 spiro atoms. The van der Waals surface area contributed by atoms with Crippen LogP contribution in [0, 0.1) is 0 Å². The molecule has 1 rings (SSSR count). The van der Waals surface area contributed by atoms with Gasteiger partial charge >= 0.3 is 6.09 Å². The zero-order valence-electron chi connectivity index (χ0n) is 9.13. The summed E-state index contributed by atoms with van der Waals surface area (Å²) in [6, 6.07) is 0. The molecule has 1 aromatic heterocycles. The highest BCUT2D eigenvalue weighted by Gasteiger charge is 2.15. The molecule has 0 aliphatic carbocycles. The summed E-state index contributed by atoms with van der Waals surface area (Å²) in [4.78, 5) is 18.0. The van der Waals surface area contributed by atoms with E-state index in [-0.39, 0.29) is 6.54 Å². The van der Waals surface area contributed by atoms with E-state index in [4.69, 9.17) is 12.6 Å². The topological polar surface area (TPSA) is 67.0 Å². The maximum Gasteiger partial charge on any atom is 0.408 e. The molecule has 0 aliphatic heterocycles. The first kappa shape index (κ1) is 11.6. The molecule has 0 bridgehead atoms. The molecular formula is C9H14BN3O2. The Labute approximate surface area is 90.0 Å². The van der Waals surface area contributed by atoms with Crippen LogP contribution in [0.3, 0.4) is 0 Å². The Balaban J connectivity index is 2.35. The van der Waals surface area contributed by atoms with Crippen LogP contribution in [0.1, 0.15) is 26.6 Å². The van der Waals surface area contributed by atoms with Crippen molar-refractivity contribution in [3.05, 3.63) is 12.0 Å². The number of nitrogens with zero attached hydrogens (tertiary/aromatic N) is 1. The molecule has 0 saturated heterocycles. The Morgan fingerprint density at radius 1 is 1.67 bits per heavy atom. The third kappa shape index (κ3) is 4.53. The zero-order chi connectivity index (χ0) is 11.5. The van der Waals surface area contributed by atoms with Crippen molar-refractivity contribution in [2.24, 2.45) is 0 Å². The van der Waals surface area contributed by atoms with Gasteiger partial charge in [0.1, 0.15) is 19.3 Å². The molecule has 5 nitrogen and oxygen atoms in total. The van der Waals surface area contributed by atoms with E-state index in [0.717, 1.165) is 0 Å². The summed E-state index contributed by atoms with van der Waals surface area (Å²) < 4.78 is 5.04. The number of nitrogens with one attached hydrogen (secondary N) is 2. The van der Waals surface area contributed by atoms with Gasteiger partial charge in [-0.25, -0.2) is 9.78 Å². The largest absolute Gasteiger partial charge is 0.444 e. The van der Waals surface area contributed by atoms with Gasteiger partial charge < -0.3 is 15.0 Å². The number of ether oxygens (including phenoxy) is 1. The molecule has 0 atom stereocenters. The normalized spacial score (nSPS) is 11.1. The van der Waals surface area contributed by atoms with Crippen LogP contribution in [0.15, 0.2) is 6.20 Å². The summed E-state index contributed by atoms with van der Waals surface area (Å²) in [6.07, 6.45) is 1.02. The van der Waals surface area contributed by atoms with Crippen molar-refractivity contribution in [1.29, 1.82) is 0 Å². The van der Waals surface area contributed by atoms with E-state index >= 15 is 0 Å². The van der Waals surface area contributed by atoms with Gasteiger partial charge in [-0.1, -0.05) is 0 Å². The number of carbonyl (C=O) groups excluding carboxylic acids is 1. The van der Waals surface area contributed by atoms with Gasteiger partial charge in [-0.05, 0) is 26.4 Å². The molecule has 0 saturated carbocycles. The van der Waals surface area contributed by atoms with E-state index in [9.17, 15) is 4.79 Å². The Morgan fingerprint density at radius 2 is 2.33 bits per heavy atom. The average Bonchev–Trinajstić information content (AvgIpc) is 2.45. The van der Waals surface area contributed by atoms with Crippen LogP contribution in [0.2, 0.25) is 0 Å². The maximum absolute atomic E-state index is 11.2. The van der Waals surface area contributed by atoms with Gasteiger partial charge in [-0.15, -0.1) is 0 Å². The summed E-state index contributed by atoms with van der Waals surface area (Å²) in [5, 5.41) is 2.56. The monoisotopic (exact) mass is 207 g/mol. The van der Waals surface area contributed by atoms with Gasteiger partial charge in [0.15, 0.2) is 0 Å². The van der Waals surface area contributed by atoms with Crippen molar-refractivity contribution in [2.45, 2.75) is 32.9 Å². The van der Waals surface area contributed by atoms with E-state index in [1.165, 1.54) is 6.20 Å². The summed E-state index contributed by atoms with van der Waals surface area (Å²) in [7, 11) is 5.42. The van der Waals surface area contributed by atoms with E-state index in [2.05, 4.69) is 15.3 Å². The van der Waals surface area contributed by atoms with Crippen LogP contribution >= 0.6 is 0 Å². The highest BCUT2D eigenvalue weighted by Crippen LogP contribution is 2.06. The van der Waals surface area contributed by atoms with E-state index in [0.29, 0.717) is 11.4 Å². The zero-order valence-corrected chi connectivity index (χ0v) is 9.13. The Bertz CT molecular complexity index is 343. The molecule has 1 amide bonds. The lowest BCUT2D eigenvalue weighted by molar-refractivity contribution is 0.0522. The number of amides is 1. The molecule has 2 N–H and O–H groups in total. The van der Waals surface area contributed by atoms with Crippen molar-refractivity contribution in [3.63, 3.8) is 0 Å². The Morgan fingerprint density at radius 3 is 2.80 bits per heavy atom. The summed E-state index contributed by atoms with van der Waals surface area (Å²) in [6.45, 7) is 5.68.